The van der Waals surface area contributed by atoms with Crippen molar-refractivity contribution in [1.29, 1.82) is 0 Å². The van der Waals surface area contributed by atoms with E-state index in [0.29, 0.717) is 26.1 Å². The number of aromatic nitrogens is 1. The van der Waals surface area contributed by atoms with Crippen molar-refractivity contribution in [3.8, 4) is 5.75 Å². The maximum absolute atomic E-state index is 11.9. The molecule has 1 amide bonds. The molecule has 0 fully saturated rings. The number of ether oxygens (including phenoxy) is 1. The van der Waals surface area contributed by atoms with Gasteiger partial charge in [-0.15, -0.1) is 0 Å². The molecule has 27 heavy (non-hydrogen) atoms. The fourth-order valence-corrected chi connectivity index (χ4v) is 2.52. The van der Waals surface area contributed by atoms with Crippen molar-refractivity contribution >= 4 is 11.6 Å². The summed E-state index contributed by atoms with van der Waals surface area (Å²) in [5.74, 6) is 0.827. The standard InChI is InChI=1S/C22H23N3O2/c26-22(25-16-19-7-4-13-23-15-19)12-14-24-20-8-10-21(11-9-20)27-17-18-5-2-1-3-6-18/h1-11,13,15,24H,12,14,16-17H2,(H,25,26). The van der Waals surface area contributed by atoms with E-state index in [1.54, 1.807) is 12.4 Å². The molecule has 2 N–H and O–H groups in total. The van der Waals surface area contributed by atoms with E-state index in [4.69, 9.17) is 4.74 Å². The van der Waals surface area contributed by atoms with Gasteiger partial charge in [0.2, 0.25) is 5.91 Å². The highest BCUT2D eigenvalue weighted by molar-refractivity contribution is 5.76. The summed E-state index contributed by atoms with van der Waals surface area (Å²) in [5.41, 5.74) is 3.09. The number of nitrogens with one attached hydrogen (secondary N) is 2. The van der Waals surface area contributed by atoms with Crippen molar-refractivity contribution in [3.05, 3.63) is 90.3 Å². The quantitative estimate of drug-likeness (QED) is 0.609. The maximum atomic E-state index is 11.9. The van der Waals surface area contributed by atoms with Gasteiger partial charge < -0.3 is 15.4 Å². The molecule has 5 nitrogen and oxygen atoms in total. The molecular weight excluding hydrogens is 338 g/mol. The lowest BCUT2D eigenvalue weighted by atomic mass is 10.2. The van der Waals surface area contributed by atoms with Crippen LogP contribution in [0.15, 0.2) is 79.1 Å². The summed E-state index contributed by atoms with van der Waals surface area (Å²) in [4.78, 5) is 15.9. The Hall–Kier alpha value is -3.34. The summed E-state index contributed by atoms with van der Waals surface area (Å²) in [6, 6.07) is 21.6. The van der Waals surface area contributed by atoms with Gasteiger partial charge in [-0.05, 0) is 41.5 Å². The molecule has 2 aromatic carbocycles. The van der Waals surface area contributed by atoms with Gasteiger partial charge in [-0.1, -0.05) is 36.4 Å². The number of anilines is 1. The minimum Gasteiger partial charge on any atom is -0.489 e. The molecule has 0 aliphatic rings. The van der Waals surface area contributed by atoms with E-state index in [0.717, 1.165) is 22.6 Å². The van der Waals surface area contributed by atoms with Gasteiger partial charge >= 0.3 is 0 Å². The van der Waals surface area contributed by atoms with Crippen molar-refractivity contribution in [2.75, 3.05) is 11.9 Å². The minimum atomic E-state index is 0.00849. The third-order valence-electron chi connectivity index (χ3n) is 4.00. The summed E-state index contributed by atoms with van der Waals surface area (Å²) < 4.78 is 5.77. The van der Waals surface area contributed by atoms with Crippen molar-refractivity contribution in [2.24, 2.45) is 0 Å². The molecule has 1 aromatic heterocycles. The maximum Gasteiger partial charge on any atom is 0.222 e. The molecule has 5 heteroatoms. The van der Waals surface area contributed by atoms with Gasteiger partial charge in [-0.2, -0.15) is 0 Å². The first-order valence-corrected chi connectivity index (χ1v) is 8.96. The molecule has 0 saturated heterocycles. The summed E-state index contributed by atoms with van der Waals surface area (Å²) in [6.07, 6.45) is 3.87. The average Bonchev–Trinajstić information content (AvgIpc) is 2.73. The minimum absolute atomic E-state index is 0.00849. The first-order valence-electron chi connectivity index (χ1n) is 8.96. The number of rotatable bonds is 9. The largest absolute Gasteiger partial charge is 0.489 e. The van der Waals surface area contributed by atoms with E-state index in [-0.39, 0.29) is 5.91 Å². The highest BCUT2D eigenvalue weighted by Gasteiger charge is 2.02. The molecule has 0 atom stereocenters. The zero-order chi connectivity index (χ0) is 18.7. The van der Waals surface area contributed by atoms with E-state index in [1.165, 1.54) is 0 Å². The molecule has 0 aliphatic heterocycles. The lowest BCUT2D eigenvalue weighted by Crippen LogP contribution is -2.24. The van der Waals surface area contributed by atoms with Gasteiger partial charge in [-0.3, -0.25) is 9.78 Å². The van der Waals surface area contributed by atoms with Crippen LogP contribution in [0.25, 0.3) is 0 Å². The molecule has 0 bridgehead atoms. The van der Waals surface area contributed by atoms with Crippen molar-refractivity contribution in [2.45, 2.75) is 19.6 Å². The SMILES string of the molecule is O=C(CCNc1ccc(OCc2ccccc2)cc1)NCc1cccnc1. The number of amides is 1. The third kappa shape index (κ3) is 6.47. The predicted octanol–water partition coefficient (Wildman–Crippen LogP) is 3.78. The number of carbonyl (C=O) groups excluding carboxylic acids is 1. The third-order valence-corrected chi connectivity index (χ3v) is 4.00. The molecule has 0 spiro atoms. The molecule has 138 valence electrons. The Morgan fingerprint density at radius 2 is 1.70 bits per heavy atom. The summed E-state index contributed by atoms with van der Waals surface area (Å²) in [5, 5.41) is 6.13. The molecule has 0 saturated carbocycles. The van der Waals surface area contributed by atoms with Crippen molar-refractivity contribution < 1.29 is 9.53 Å². The first kappa shape index (κ1) is 18.5. The monoisotopic (exact) mass is 361 g/mol. The van der Waals surface area contributed by atoms with Crippen LogP contribution in [0.3, 0.4) is 0 Å². The number of benzene rings is 2. The van der Waals surface area contributed by atoms with Gasteiger partial charge in [-0.25, -0.2) is 0 Å². The van der Waals surface area contributed by atoms with E-state index >= 15 is 0 Å². The average molecular weight is 361 g/mol. The van der Waals surface area contributed by atoms with Crippen LogP contribution in [-0.4, -0.2) is 17.4 Å². The number of pyridine rings is 1. The Morgan fingerprint density at radius 3 is 2.44 bits per heavy atom. The van der Waals surface area contributed by atoms with Crippen LogP contribution >= 0.6 is 0 Å². The zero-order valence-electron chi connectivity index (χ0n) is 15.1. The van der Waals surface area contributed by atoms with Gasteiger partial charge in [0.1, 0.15) is 12.4 Å². The van der Waals surface area contributed by atoms with E-state index in [9.17, 15) is 4.79 Å². The fourth-order valence-electron chi connectivity index (χ4n) is 2.52. The van der Waals surface area contributed by atoms with Crippen molar-refractivity contribution in [1.82, 2.24) is 10.3 Å². The van der Waals surface area contributed by atoms with Gasteiger partial charge in [0.15, 0.2) is 0 Å². The van der Waals surface area contributed by atoms with Gasteiger partial charge in [0.05, 0.1) is 0 Å². The van der Waals surface area contributed by atoms with Crippen LogP contribution in [-0.2, 0) is 17.9 Å². The summed E-state index contributed by atoms with van der Waals surface area (Å²) in [7, 11) is 0. The van der Waals surface area contributed by atoms with E-state index < -0.39 is 0 Å². The fraction of sp³-hybridized carbons (Fsp3) is 0.182. The van der Waals surface area contributed by atoms with Crippen LogP contribution in [0, 0.1) is 0 Å². The number of hydrogen-bond donors (Lipinski definition) is 2. The number of nitrogens with zero attached hydrogens (tertiary/aromatic N) is 1. The van der Waals surface area contributed by atoms with E-state index in [1.807, 2.05) is 66.7 Å². The molecular formula is C22H23N3O2. The predicted molar refractivity (Wildman–Crippen MR) is 106 cm³/mol. The van der Waals surface area contributed by atoms with Crippen molar-refractivity contribution in [3.63, 3.8) is 0 Å². The lowest BCUT2D eigenvalue weighted by molar-refractivity contribution is -0.121. The molecule has 0 aliphatic carbocycles. The summed E-state index contributed by atoms with van der Waals surface area (Å²) in [6.45, 7) is 1.62. The molecule has 3 rings (SSSR count). The Labute approximate surface area is 159 Å². The van der Waals surface area contributed by atoms with Gasteiger partial charge in [0, 0.05) is 37.6 Å². The van der Waals surface area contributed by atoms with Gasteiger partial charge in [0.25, 0.3) is 0 Å². The first-order chi connectivity index (χ1) is 13.3. The number of hydrogen-bond acceptors (Lipinski definition) is 4. The smallest absolute Gasteiger partial charge is 0.222 e. The highest BCUT2D eigenvalue weighted by atomic mass is 16.5. The normalized spacial score (nSPS) is 10.2. The summed E-state index contributed by atoms with van der Waals surface area (Å²) >= 11 is 0. The Balaban J connectivity index is 1.35. The molecule has 0 unspecified atom stereocenters. The van der Waals surface area contributed by atoms with Crippen LogP contribution in [0.1, 0.15) is 17.5 Å². The second-order valence-electron chi connectivity index (χ2n) is 6.11. The van der Waals surface area contributed by atoms with Crippen LogP contribution in [0.5, 0.6) is 5.75 Å². The highest BCUT2D eigenvalue weighted by Crippen LogP contribution is 2.17. The lowest BCUT2D eigenvalue weighted by Gasteiger charge is -2.09. The second-order valence-corrected chi connectivity index (χ2v) is 6.11. The second kappa shape index (κ2) is 9.97. The Morgan fingerprint density at radius 1 is 0.926 bits per heavy atom. The number of carbonyl (C=O) groups is 1. The van der Waals surface area contributed by atoms with E-state index in [2.05, 4.69) is 15.6 Å². The van der Waals surface area contributed by atoms with Crippen LogP contribution in [0.4, 0.5) is 5.69 Å². The Bertz CT molecular complexity index is 821. The molecule has 1 heterocycles. The van der Waals surface area contributed by atoms with Crippen LogP contribution < -0.4 is 15.4 Å². The topological polar surface area (TPSA) is 63.2 Å². The zero-order valence-corrected chi connectivity index (χ0v) is 15.1. The Kier molecular flexibility index (Phi) is 6.81. The van der Waals surface area contributed by atoms with Crippen LogP contribution in [0.2, 0.25) is 0 Å². The molecule has 0 radical (unpaired) electrons. The molecule has 3 aromatic rings.